The molecule has 0 bridgehead atoms. The Bertz CT molecular complexity index is 291. The third-order valence-corrected chi connectivity index (χ3v) is 4.38. The zero-order valence-corrected chi connectivity index (χ0v) is 11.6. The minimum Gasteiger partial charge on any atom is -0.374 e. The Morgan fingerprint density at radius 2 is 2.32 bits per heavy atom. The summed E-state index contributed by atoms with van der Waals surface area (Å²) < 4.78 is 32.2. The first-order valence-electron chi connectivity index (χ1n) is 7.22. The number of morpholine rings is 1. The van der Waals surface area contributed by atoms with Crippen LogP contribution in [0.4, 0.5) is 8.78 Å². The highest BCUT2D eigenvalue weighted by Gasteiger charge is 2.41. The van der Waals surface area contributed by atoms with Crippen molar-refractivity contribution in [1.82, 2.24) is 10.3 Å². The number of rotatable bonds is 5. The van der Waals surface area contributed by atoms with Crippen LogP contribution in [0.3, 0.4) is 0 Å². The van der Waals surface area contributed by atoms with E-state index in [1.165, 1.54) is 0 Å². The molecule has 4 nitrogen and oxygen atoms in total. The molecule has 2 fully saturated rings. The Morgan fingerprint density at radius 1 is 1.53 bits per heavy atom. The summed E-state index contributed by atoms with van der Waals surface area (Å²) in [6, 6.07) is -0.0340. The summed E-state index contributed by atoms with van der Waals surface area (Å²) in [5, 5.41) is 0. The first-order valence-corrected chi connectivity index (χ1v) is 7.22. The van der Waals surface area contributed by atoms with E-state index in [9.17, 15) is 8.78 Å². The van der Waals surface area contributed by atoms with Gasteiger partial charge < -0.3 is 4.74 Å². The number of hydrogen-bond donors (Lipinski definition) is 2. The molecule has 0 radical (unpaired) electrons. The van der Waals surface area contributed by atoms with Gasteiger partial charge in [0.1, 0.15) is 0 Å². The lowest BCUT2D eigenvalue weighted by atomic mass is 9.94. The Hall–Kier alpha value is -0.300. The maximum Gasteiger partial charge on any atom is 0.248 e. The maximum atomic E-state index is 13.2. The number of hydrogen-bond acceptors (Lipinski definition) is 4. The lowest BCUT2D eigenvalue weighted by Crippen LogP contribution is -2.54. The van der Waals surface area contributed by atoms with Crippen LogP contribution >= 0.6 is 0 Å². The predicted octanol–water partition coefficient (Wildman–Crippen LogP) is 1.36. The normalized spacial score (nSPS) is 33.5. The molecule has 3 N–H and O–H groups in total. The van der Waals surface area contributed by atoms with Crippen molar-refractivity contribution in [1.29, 1.82) is 0 Å². The summed E-state index contributed by atoms with van der Waals surface area (Å²) in [6.07, 6.45) is 1.29. The summed E-state index contributed by atoms with van der Waals surface area (Å²) in [4.78, 5) is 2.31. The van der Waals surface area contributed by atoms with Crippen molar-refractivity contribution in [3.63, 3.8) is 0 Å². The van der Waals surface area contributed by atoms with Gasteiger partial charge in [-0.05, 0) is 25.3 Å². The average molecular weight is 277 g/mol. The standard InChI is InChI=1S/C13H25F2N3O/c1-2-18-5-6-19-12(9-18)11(17-16)7-10-3-4-13(14,15)8-10/h10-12,17H,2-9,16H2,1H3. The third-order valence-electron chi connectivity index (χ3n) is 4.38. The van der Waals surface area contributed by atoms with E-state index in [-0.39, 0.29) is 30.9 Å². The maximum absolute atomic E-state index is 13.2. The van der Waals surface area contributed by atoms with Crippen LogP contribution in [0.25, 0.3) is 0 Å². The van der Waals surface area contributed by atoms with E-state index in [4.69, 9.17) is 10.6 Å². The van der Waals surface area contributed by atoms with Crippen LogP contribution in [0, 0.1) is 5.92 Å². The molecule has 1 aliphatic heterocycles. The molecule has 0 spiro atoms. The minimum atomic E-state index is -2.48. The van der Waals surface area contributed by atoms with E-state index in [2.05, 4.69) is 17.2 Å². The zero-order chi connectivity index (χ0) is 13.9. The Balaban J connectivity index is 1.86. The number of hydrazine groups is 1. The van der Waals surface area contributed by atoms with Crippen LogP contribution in [0.2, 0.25) is 0 Å². The largest absolute Gasteiger partial charge is 0.374 e. The molecular formula is C13H25F2N3O. The van der Waals surface area contributed by atoms with E-state index < -0.39 is 5.92 Å². The van der Waals surface area contributed by atoms with Gasteiger partial charge >= 0.3 is 0 Å². The molecule has 112 valence electrons. The minimum absolute atomic E-state index is 0.00457. The fourth-order valence-corrected chi connectivity index (χ4v) is 3.19. The molecule has 2 rings (SSSR count). The molecule has 0 aromatic heterocycles. The fourth-order valence-electron chi connectivity index (χ4n) is 3.19. The predicted molar refractivity (Wildman–Crippen MR) is 69.9 cm³/mol. The molecule has 3 unspecified atom stereocenters. The van der Waals surface area contributed by atoms with Gasteiger partial charge in [0.2, 0.25) is 5.92 Å². The molecule has 3 atom stereocenters. The van der Waals surface area contributed by atoms with Gasteiger partial charge in [0, 0.05) is 32.0 Å². The highest BCUT2D eigenvalue weighted by molar-refractivity contribution is 4.88. The summed E-state index contributed by atoms with van der Waals surface area (Å²) in [5.74, 6) is 3.17. The van der Waals surface area contributed by atoms with E-state index in [1.54, 1.807) is 0 Å². The average Bonchev–Trinajstić information content (AvgIpc) is 2.75. The van der Waals surface area contributed by atoms with Crippen LogP contribution in [-0.2, 0) is 4.74 Å². The second-order valence-corrected chi connectivity index (χ2v) is 5.78. The number of nitrogens with two attached hydrogens (primary N) is 1. The Morgan fingerprint density at radius 3 is 2.89 bits per heavy atom. The van der Waals surface area contributed by atoms with Crippen molar-refractivity contribution in [3.05, 3.63) is 0 Å². The van der Waals surface area contributed by atoms with Gasteiger partial charge in [-0.3, -0.25) is 16.2 Å². The molecule has 1 aliphatic carbocycles. The number of likely N-dealkylation sites (N-methyl/N-ethyl adjacent to an activating group) is 1. The molecule has 1 saturated carbocycles. The van der Waals surface area contributed by atoms with Crippen LogP contribution in [0.1, 0.15) is 32.6 Å². The fraction of sp³-hybridized carbons (Fsp3) is 1.00. The SMILES string of the molecule is CCN1CCOC(C(CC2CCC(F)(F)C2)NN)C1. The van der Waals surface area contributed by atoms with E-state index in [0.29, 0.717) is 19.4 Å². The van der Waals surface area contributed by atoms with Gasteiger partial charge in [-0.2, -0.15) is 0 Å². The van der Waals surface area contributed by atoms with Gasteiger partial charge in [0.05, 0.1) is 12.7 Å². The van der Waals surface area contributed by atoms with E-state index in [1.807, 2.05) is 0 Å². The highest BCUT2D eigenvalue weighted by Crippen LogP contribution is 2.41. The van der Waals surface area contributed by atoms with Crippen LogP contribution < -0.4 is 11.3 Å². The van der Waals surface area contributed by atoms with E-state index >= 15 is 0 Å². The third kappa shape index (κ3) is 4.08. The first kappa shape index (κ1) is 15.1. The number of nitrogens with one attached hydrogen (secondary N) is 1. The van der Waals surface area contributed by atoms with Crippen molar-refractivity contribution in [3.8, 4) is 0 Å². The Kier molecular flexibility index (Phi) is 5.11. The summed E-state index contributed by atoms with van der Waals surface area (Å²) >= 11 is 0. The summed E-state index contributed by atoms with van der Waals surface area (Å²) in [7, 11) is 0. The monoisotopic (exact) mass is 277 g/mol. The second kappa shape index (κ2) is 6.43. The first-order chi connectivity index (χ1) is 9.04. The lowest BCUT2D eigenvalue weighted by molar-refractivity contribution is -0.0499. The quantitative estimate of drug-likeness (QED) is 0.588. The number of halogens is 2. The smallest absolute Gasteiger partial charge is 0.248 e. The summed E-state index contributed by atoms with van der Waals surface area (Å²) in [6.45, 7) is 5.56. The number of alkyl halides is 2. The van der Waals surface area contributed by atoms with Crippen LogP contribution in [-0.4, -0.2) is 49.2 Å². The number of nitrogens with zero attached hydrogens (tertiary/aromatic N) is 1. The van der Waals surface area contributed by atoms with Gasteiger partial charge in [0.25, 0.3) is 0 Å². The Labute approximate surface area is 113 Å². The van der Waals surface area contributed by atoms with Crippen LogP contribution in [0.15, 0.2) is 0 Å². The number of ether oxygens (including phenoxy) is 1. The van der Waals surface area contributed by atoms with Crippen molar-refractivity contribution in [2.24, 2.45) is 11.8 Å². The molecule has 1 heterocycles. The molecular weight excluding hydrogens is 252 g/mol. The van der Waals surface area contributed by atoms with Gasteiger partial charge in [0.15, 0.2) is 0 Å². The van der Waals surface area contributed by atoms with Crippen molar-refractivity contribution in [2.75, 3.05) is 26.2 Å². The molecule has 0 amide bonds. The molecule has 2 aliphatic rings. The van der Waals surface area contributed by atoms with Crippen molar-refractivity contribution in [2.45, 2.75) is 50.7 Å². The molecule has 1 saturated heterocycles. The van der Waals surface area contributed by atoms with Gasteiger partial charge in [-0.15, -0.1) is 0 Å². The molecule has 0 aromatic rings. The van der Waals surface area contributed by atoms with Crippen molar-refractivity contribution >= 4 is 0 Å². The lowest BCUT2D eigenvalue weighted by Gasteiger charge is -2.37. The molecule has 0 aromatic carbocycles. The van der Waals surface area contributed by atoms with Gasteiger partial charge in [-0.25, -0.2) is 8.78 Å². The zero-order valence-electron chi connectivity index (χ0n) is 11.6. The molecule has 6 heteroatoms. The van der Waals surface area contributed by atoms with Crippen LogP contribution in [0.5, 0.6) is 0 Å². The molecule has 19 heavy (non-hydrogen) atoms. The second-order valence-electron chi connectivity index (χ2n) is 5.78. The van der Waals surface area contributed by atoms with E-state index in [0.717, 1.165) is 19.6 Å². The summed E-state index contributed by atoms with van der Waals surface area (Å²) in [5.41, 5.74) is 2.77. The highest BCUT2D eigenvalue weighted by atomic mass is 19.3. The topological polar surface area (TPSA) is 50.5 Å². The van der Waals surface area contributed by atoms with Gasteiger partial charge in [-0.1, -0.05) is 6.92 Å². The van der Waals surface area contributed by atoms with Crippen molar-refractivity contribution < 1.29 is 13.5 Å².